The summed E-state index contributed by atoms with van der Waals surface area (Å²) < 4.78 is 1.07. The number of rotatable bonds is 4. The molecular formula is C18H24BrNO. The van der Waals surface area contributed by atoms with E-state index < -0.39 is 0 Å². The highest BCUT2D eigenvalue weighted by Crippen LogP contribution is 2.32. The van der Waals surface area contributed by atoms with E-state index >= 15 is 0 Å². The third kappa shape index (κ3) is 3.68. The maximum Gasteiger partial charge on any atom is 0.254 e. The van der Waals surface area contributed by atoms with Gasteiger partial charge in [0.1, 0.15) is 0 Å². The van der Waals surface area contributed by atoms with Crippen LogP contribution in [0.5, 0.6) is 0 Å². The van der Waals surface area contributed by atoms with Crippen molar-refractivity contribution in [2.45, 2.75) is 57.9 Å². The van der Waals surface area contributed by atoms with E-state index in [0.717, 1.165) is 28.1 Å². The monoisotopic (exact) mass is 349 g/mol. The van der Waals surface area contributed by atoms with Gasteiger partial charge >= 0.3 is 0 Å². The van der Waals surface area contributed by atoms with Gasteiger partial charge in [-0.05, 0) is 62.3 Å². The maximum absolute atomic E-state index is 12.9. The van der Waals surface area contributed by atoms with Gasteiger partial charge in [0.15, 0.2) is 0 Å². The Morgan fingerprint density at radius 3 is 2.52 bits per heavy atom. The molecule has 1 amide bonds. The quantitative estimate of drug-likeness (QED) is 0.753. The van der Waals surface area contributed by atoms with Crippen molar-refractivity contribution in [2.24, 2.45) is 5.92 Å². The molecule has 0 radical (unpaired) electrons. The van der Waals surface area contributed by atoms with Gasteiger partial charge in [0.25, 0.3) is 5.91 Å². The molecule has 1 aromatic rings. The number of amides is 1. The zero-order valence-corrected chi connectivity index (χ0v) is 14.4. The van der Waals surface area contributed by atoms with Crippen molar-refractivity contribution in [1.29, 1.82) is 0 Å². The highest BCUT2D eigenvalue weighted by atomic mass is 79.9. The molecule has 3 rings (SSSR count). The molecule has 21 heavy (non-hydrogen) atoms. The Morgan fingerprint density at radius 2 is 1.90 bits per heavy atom. The molecule has 0 spiro atoms. The minimum atomic E-state index is 0.235. The van der Waals surface area contributed by atoms with Gasteiger partial charge in [-0.15, -0.1) is 0 Å². The van der Waals surface area contributed by atoms with Gasteiger partial charge in [-0.25, -0.2) is 0 Å². The fourth-order valence-corrected chi connectivity index (χ4v) is 3.62. The molecule has 0 aromatic heterocycles. The van der Waals surface area contributed by atoms with E-state index in [1.54, 1.807) is 0 Å². The Morgan fingerprint density at radius 1 is 1.19 bits per heavy atom. The van der Waals surface area contributed by atoms with Gasteiger partial charge in [0.05, 0.1) is 0 Å². The zero-order chi connectivity index (χ0) is 14.8. The van der Waals surface area contributed by atoms with Gasteiger partial charge in [-0.2, -0.15) is 0 Å². The van der Waals surface area contributed by atoms with Crippen molar-refractivity contribution in [3.8, 4) is 0 Å². The standard InChI is InChI=1S/C18H24BrNO/c1-13-11-15(7-10-17(13)19)18(21)20(16-8-9-16)12-14-5-3-2-4-6-14/h7,10-11,14,16H,2-6,8-9,12H2,1H3. The number of hydrogen-bond donors (Lipinski definition) is 0. The lowest BCUT2D eigenvalue weighted by atomic mass is 9.88. The fourth-order valence-electron chi connectivity index (χ4n) is 3.38. The summed E-state index contributed by atoms with van der Waals surface area (Å²) in [5, 5.41) is 0. The Labute approximate surface area is 136 Å². The highest BCUT2D eigenvalue weighted by Gasteiger charge is 2.34. The van der Waals surface area contributed by atoms with E-state index in [-0.39, 0.29) is 5.91 Å². The average molecular weight is 350 g/mol. The molecule has 114 valence electrons. The van der Waals surface area contributed by atoms with Crippen LogP contribution in [0.15, 0.2) is 22.7 Å². The Kier molecular flexibility index (Phi) is 4.68. The van der Waals surface area contributed by atoms with Gasteiger partial charge < -0.3 is 4.90 Å². The minimum absolute atomic E-state index is 0.235. The van der Waals surface area contributed by atoms with Crippen LogP contribution in [0.3, 0.4) is 0 Å². The number of hydrogen-bond acceptors (Lipinski definition) is 1. The maximum atomic E-state index is 12.9. The van der Waals surface area contributed by atoms with Crippen LogP contribution in [0.2, 0.25) is 0 Å². The number of benzene rings is 1. The Hall–Kier alpha value is -0.830. The van der Waals surface area contributed by atoms with Crippen molar-refractivity contribution in [2.75, 3.05) is 6.54 Å². The van der Waals surface area contributed by atoms with Crippen molar-refractivity contribution in [3.63, 3.8) is 0 Å². The van der Waals surface area contributed by atoms with Crippen LogP contribution >= 0.6 is 15.9 Å². The van der Waals surface area contributed by atoms with Crippen molar-refractivity contribution >= 4 is 21.8 Å². The van der Waals surface area contributed by atoms with Gasteiger partial charge in [-0.3, -0.25) is 4.79 Å². The van der Waals surface area contributed by atoms with Gasteiger partial charge in [0.2, 0.25) is 0 Å². The summed E-state index contributed by atoms with van der Waals surface area (Å²) in [5.41, 5.74) is 1.98. The first-order chi connectivity index (χ1) is 10.1. The molecule has 2 aliphatic rings. The molecule has 0 bridgehead atoms. The third-order valence-electron chi connectivity index (χ3n) is 4.83. The van der Waals surface area contributed by atoms with Gasteiger partial charge in [0, 0.05) is 22.6 Å². The second kappa shape index (κ2) is 6.51. The van der Waals surface area contributed by atoms with Crippen LogP contribution in [-0.2, 0) is 0 Å². The molecule has 3 heteroatoms. The van der Waals surface area contributed by atoms with Crippen LogP contribution in [-0.4, -0.2) is 23.4 Å². The molecule has 0 saturated heterocycles. The second-order valence-electron chi connectivity index (χ2n) is 6.66. The molecule has 2 nitrogen and oxygen atoms in total. The summed E-state index contributed by atoms with van der Waals surface area (Å²) in [7, 11) is 0. The van der Waals surface area contributed by atoms with E-state index in [1.807, 2.05) is 25.1 Å². The first-order valence-electron chi connectivity index (χ1n) is 8.22. The van der Waals surface area contributed by atoms with Crippen LogP contribution < -0.4 is 0 Å². The van der Waals surface area contributed by atoms with Gasteiger partial charge in [-0.1, -0.05) is 35.2 Å². The molecular weight excluding hydrogens is 326 g/mol. The molecule has 2 saturated carbocycles. The molecule has 2 fully saturated rings. The Bertz CT molecular complexity index is 518. The summed E-state index contributed by atoms with van der Waals surface area (Å²) >= 11 is 3.51. The highest BCUT2D eigenvalue weighted by molar-refractivity contribution is 9.10. The van der Waals surface area contributed by atoms with Crippen molar-refractivity contribution in [3.05, 3.63) is 33.8 Å². The summed E-state index contributed by atoms with van der Waals surface area (Å²) in [6, 6.07) is 6.47. The summed E-state index contributed by atoms with van der Waals surface area (Å²) in [4.78, 5) is 15.0. The number of nitrogens with zero attached hydrogens (tertiary/aromatic N) is 1. The average Bonchev–Trinajstić information content (AvgIpc) is 3.33. The SMILES string of the molecule is Cc1cc(C(=O)N(CC2CCCCC2)C2CC2)ccc1Br. The molecule has 0 unspecified atom stereocenters. The predicted molar refractivity (Wildman–Crippen MR) is 89.5 cm³/mol. The Balaban J connectivity index is 1.73. The fraction of sp³-hybridized carbons (Fsp3) is 0.611. The first kappa shape index (κ1) is 15.1. The van der Waals surface area contributed by atoms with E-state index in [9.17, 15) is 4.79 Å². The third-order valence-corrected chi connectivity index (χ3v) is 5.72. The predicted octanol–water partition coefficient (Wildman–Crippen LogP) is 4.94. The van der Waals surface area contributed by atoms with E-state index in [4.69, 9.17) is 0 Å². The van der Waals surface area contributed by atoms with E-state index in [2.05, 4.69) is 20.8 Å². The van der Waals surface area contributed by atoms with Crippen LogP contribution in [0, 0.1) is 12.8 Å². The summed E-state index contributed by atoms with van der Waals surface area (Å²) in [6.45, 7) is 3.02. The van der Waals surface area contributed by atoms with Crippen molar-refractivity contribution < 1.29 is 4.79 Å². The lowest BCUT2D eigenvalue weighted by Gasteiger charge is -2.30. The molecule has 0 aliphatic heterocycles. The van der Waals surface area contributed by atoms with Crippen LogP contribution in [0.4, 0.5) is 0 Å². The number of halogens is 1. The molecule has 0 heterocycles. The van der Waals surface area contributed by atoms with Crippen LogP contribution in [0.25, 0.3) is 0 Å². The molecule has 0 atom stereocenters. The second-order valence-corrected chi connectivity index (χ2v) is 7.51. The molecule has 0 N–H and O–H groups in total. The summed E-state index contributed by atoms with van der Waals surface area (Å²) in [6.07, 6.45) is 9.04. The summed E-state index contributed by atoms with van der Waals surface area (Å²) in [5.74, 6) is 0.957. The molecule has 1 aromatic carbocycles. The van der Waals surface area contributed by atoms with E-state index in [0.29, 0.717) is 6.04 Å². The topological polar surface area (TPSA) is 20.3 Å². The van der Waals surface area contributed by atoms with E-state index in [1.165, 1.54) is 44.9 Å². The first-order valence-corrected chi connectivity index (χ1v) is 9.01. The lowest BCUT2D eigenvalue weighted by molar-refractivity contribution is 0.0699. The zero-order valence-electron chi connectivity index (χ0n) is 12.8. The lowest BCUT2D eigenvalue weighted by Crippen LogP contribution is -2.37. The normalized spacial score (nSPS) is 19.5. The number of aryl methyl sites for hydroxylation is 1. The van der Waals surface area contributed by atoms with Crippen molar-refractivity contribution in [1.82, 2.24) is 4.90 Å². The smallest absolute Gasteiger partial charge is 0.254 e. The number of carbonyl (C=O) groups is 1. The number of carbonyl (C=O) groups excluding carboxylic acids is 1. The largest absolute Gasteiger partial charge is 0.335 e. The minimum Gasteiger partial charge on any atom is -0.335 e. The molecule has 2 aliphatic carbocycles. The van der Waals surface area contributed by atoms with Crippen LogP contribution in [0.1, 0.15) is 60.9 Å².